The van der Waals surface area contributed by atoms with Crippen LogP contribution in [0, 0.1) is 0 Å². The minimum absolute atomic E-state index is 0.0703. The Morgan fingerprint density at radius 2 is 2.32 bits per heavy atom. The van der Waals surface area contributed by atoms with E-state index in [2.05, 4.69) is 21.2 Å². The van der Waals surface area contributed by atoms with Gasteiger partial charge in [0.15, 0.2) is 0 Å². The largest absolute Gasteiger partial charge is 0.378 e. The van der Waals surface area contributed by atoms with Gasteiger partial charge in [0.1, 0.15) is 0 Å². The lowest BCUT2D eigenvalue weighted by atomic mass is 10.0. The van der Waals surface area contributed by atoms with Crippen LogP contribution in [0.4, 0.5) is 5.69 Å². The number of amides is 1. The Bertz CT molecular complexity index is 416. The van der Waals surface area contributed by atoms with E-state index in [1.807, 2.05) is 24.3 Å². The van der Waals surface area contributed by atoms with Crippen LogP contribution < -0.4 is 5.32 Å². The van der Waals surface area contributed by atoms with E-state index in [1.165, 1.54) is 6.42 Å². The predicted octanol–water partition coefficient (Wildman–Crippen LogP) is 3.87. The van der Waals surface area contributed by atoms with Crippen LogP contribution in [-0.2, 0) is 14.9 Å². The molecule has 1 atom stereocenters. The molecule has 1 saturated heterocycles. The third kappa shape index (κ3) is 4.96. The number of carbonyl (C=O) groups excluding carboxylic acids is 1. The van der Waals surface area contributed by atoms with Crippen LogP contribution in [0.2, 0.25) is 0 Å². The van der Waals surface area contributed by atoms with Crippen molar-refractivity contribution < 1.29 is 9.53 Å². The number of nitrogens with one attached hydrogen (secondary N) is 1. The zero-order chi connectivity index (χ0) is 13.5. The molecule has 0 spiro atoms. The number of anilines is 1. The van der Waals surface area contributed by atoms with Crippen molar-refractivity contribution in [2.75, 3.05) is 11.9 Å². The van der Waals surface area contributed by atoms with Crippen LogP contribution in [0.5, 0.6) is 0 Å². The van der Waals surface area contributed by atoms with E-state index in [-0.39, 0.29) is 12.0 Å². The Morgan fingerprint density at radius 1 is 1.42 bits per heavy atom. The van der Waals surface area contributed by atoms with Crippen LogP contribution in [0.25, 0.3) is 0 Å². The van der Waals surface area contributed by atoms with Gasteiger partial charge in [-0.2, -0.15) is 0 Å². The molecular weight excluding hydrogens is 306 g/mol. The van der Waals surface area contributed by atoms with Crippen LogP contribution in [0.15, 0.2) is 24.3 Å². The van der Waals surface area contributed by atoms with Gasteiger partial charge in [0.2, 0.25) is 5.91 Å². The molecule has 0 saturated carbocycles. The summed E-state index contributed by atoms with van der Waals surface area (Å²) >= 11 is 3.41. The second-order valence-corrected chi connectivity index (χ2v) is 5.47. The molecule has 1 unspecified atom stereocenters. The number of halogens is 1. The molecule has 1 amide bonds. The zero-order valence-electron chi connectivity index (χ0n) is 11.0. The normalized spacial score (nSPS) is 19.1. The van der Waals surface area contributed by atoms with Gasteiger partial charge in [0.05, 0.1) is 6.10 Å². The molecule has 2 rings (SSSR count). The molecule has 1 fully saturated rings. The van der Waals surface area contributed by atoms with Gasteiger partial charge >= 0.3 is 0 Å². The van der Waals surface area contributed by atoms with E-state index in [0.717, 1.165) is 42.5 Å². The summed E-state index contributed by atoms with van der Waals surface area (Å²) in [4.78, 5) is 11.9. The number of benzene rings is 1. The molecule has 0 radical (unpaired) electrons. The second kappa shape index (κ2) is 7.65. The fourth-order valence-electron chi connectivity index (χ4n) is 2.28. The maximum absolute atomic E-state index is 11.9. The van der Waals surface area contributed by atoms with Crippen LogP contribution in [0.1, 0.15) is 37.7 Å². The zero-order valence-corrected chi connectivity index (χ0v) is 12.6. The average Bonchev–Trinajstić information content (AvgIpc) is 2.46. The number of hydrogen-bond acceptors (Lipinski definition) is 2. The van der Waals surface area contributed by atoms with Gasteiger partial charge in [-0.1, -0.05) is 28.1 Å². The van der Waals surface area contributed by atoms with Crippen LogP contribution in [0.3, 0.4) is 0 Å². The minimum Gasteiger partial charge on any atom is -0.378 e. The van der Waals surface area contributed by atoms with Crippen molar-refractivity contribution in [3.8, 4) is 0 Å². The summed E-state index contributed by atoms with van der Waals surface area (Å²) in [6.07, 6.45) is 5.09. The Kier molecular flexibility index (Phi) is 5.86. The van der Waals surface area contributed by atoms with Crippen molar-refractivity contribution >= 4 is 27.5 Å². The molecule has 0 aliphatic carbocycles. The highest BCUT2D eigenvalue weighted by Gasteiger charge is 2.15. The van der Waals surface area contributed by atoms with Crippen molar-refractivity contribution in [2.45, 2.75) is 43.5 Å². The first-order valence-electron chi connectivity index (χ1n) is 6.84. The molecule has 1 heterocycles. The van der Waals surface area contributed by atoms with Gasteiger partial charge in [0.25, 0.3) is 0 Å². The summed E-state index contributed by atoms with van der Waals surface area (Å²) in [5, 5.41) is 3.74. The smallest absolute Gasteiger partial charge is 0.224 e. The molecule has 1 aromatic carbocycles. The predicted molar refractivity (Wildman–Crippen MR) is 80.5 cm³/mol. The number of rotatable bonds is 5. The van der Waals surface area contributed by atoms with E-state index in [9.17, 15) is 4.79 Å². The highest BCUT2D eigenvalue weighted by molar-refractivity contribution is 9.08. The van der Waals surface area contributed by atoms with Gasteiger partial charge < -0.3 is 10.1 Å². The standard InChI is InChI=1S/C15H20BrNO2/c16-11-12-4-3-5-13(10-12)17-15(18)8-7-14-6-1-2-9-19-14/h3-5,10,14H,1-2,6-9,11H2,(H,17,18). The Hall–Kier alpha value is -0.870. The van der Waals surface area contributed by atoms with Crippen molar-refractivity contribution in [3.05, 3.63) is 29.8 Å². The first-order valence-corrected chi connectivity index (χ1v) is 7.96. The van der Waals surface area contributed by atoms with Gasteiger partial charge in [0, 0.05) is 24.0 Å². The molecule has 1 N–H and O–H groups in total. The SMILES string of the molecule is O=C(CCC1CCCCO1)Nc1cccc(CBr)c1. The number of alkyl halides is 1. The molecule has 4 heteroatoms. The monoisotopic (exact) mass is 325 g/mol. The molecular formula is C15H20BrNO2. The molecule has 1 aromatic rings. The summed E-state index contributed by atoms with van der Waals surface area (Å²) in [5.41, 5.74) is 2.03. The minimum atomic E-state index is 0.0703. The highest BCUT2D eigenvalue weighted by atomic mass is 79.9. The third-order valence-electron chi connectivity index (χ3n) is 3.33. The van der Waals surface area contributed by atoms with E-state index >= 15 is 0 Å². The van der Waals surface area contributed by atoms with E-state index in [1.54, 1.807) is 0 Å². The summed E-state index contributed by atoms with van der Waals surface area (Å²) in [6, 6.07) is 7.89. The Balaban J connectivity index is 1.76. The molecule has 0 bridgehead atoms. The van der Waals surface area contributed by atoms with E-state index < -0.39 is 0 Å². The van der Waals surface area contributed by atoms with E-state index in [4.69, 9.17) is 4.74 Å². The summed E-state index contributed by atoms with van der Waals surface area (Å²) in [6.45, 7) is 0.847. The summed E-state index contributed by atoms with van der Waals surface area (Å²) < 4.78 is 5.63. The maximum Gasteiger partial charge on any atom is 0.224 e. The molecule has 1 aliphatic rings. The molecule has 3 nitrogen and oxygen atoms in total. The topological polar surface area (TPSA) is 38.3 Å². The number of carbonyl (C=O) groups is 1. The summed E-state index contributed by atoms with van der Waals surface area (Å²) in [5.74, 6) is 0.0703. The summed E-state index contributed by atoms with van der Waals surface area (Å²) in [7, 11) is 0. The third-order valence-corrected chi connectivity index (χ3v) is 3.98. The average molecular weight is 326 g/mol. The molecule has 104 valence electrons. The second-order valence-electron chi connectivity index (χ2n) is 4.91. The van der Waals surface area contributed by atoms with Crippen molar-refractivity contribution in [1.29, 1.82) is 0 Å². The van der Waals surface area contributed by atoms with Crippen molar-refractivity contribution in [3.63, 3.8) is 0 Å². The Morgan fingerprint density at radius 3 is 3.05 bits per heavy atom. The van der Waals surface area contributed by atoms with Gasteiger partial charge in [-0.25, -0.2) is 0 Å². The first-order chi connectivity index (χ1) is 9.28. The van der Waals surface area contributed by atoms with Crippen LogP contribution >= 0.6 is 15.9 Å². The highest BCUT2D eigenvalue weighted by Crippen LogP contribution is 2.18. The fraction of sp³-hybridized carbons (Fsp3) is 0.533. The fourth-order valence-corrected chi connectivity index (χ4v) is 2.63. The lowest BCUT2D eigenvalue weighted by Crippen LogP contribution is -2.21. The van der Waals surface area contributed by atoms with Gasteiger partial charge in [-0.3, -0.25) is 4.79 Å². The quantitative estimate of drug-likeness (QED) is 0.834. The molecule has 1 aliphatic heterocycles. The lowest BCUT2D eigenvalue weighted by Gasteiger charge is -2.22. The lowest BCUT2D eigenvalue weighted by molar-refractivity contribution is -0.117. The molecule has 0 aromatic heterocycles. The van der Waals surface area contributed by atoms with Crippen molar-refractivity contribution in [1.82, 2.24) is 0 Å². The Labute approximate surface area is 122 Å². The van der Waals surface area contributed by atoms with Crippen molar-refractivity contribution in [2.24, 2.45) is 0 Å². The van der Waals surface area contributed by atoms with Gasteiger partial charge in [-0.15, -0.1) is 0 Å². The maximum atomic E-state index is 11.9. The van der Waals surface area contributed by atoms with E-state index in [0.29, 0.717) is 6.42 Å². The first kappa shape index (κ1) is 14.5. The number of hydrogen-bond donors (Lipinski definition) is 1. The van der Waals surface area contributed by atoms with Gasteiger partial charge in [-0.05, 0) is 43.4 Å². The number of ether oxygens (including phenoxy) is 1. The van der Waals surface area contributed by atoms with Crippen LogP contribution in [-0.4, -0.2) is 18.6 Å². The molecule has 19 heavy (non-hydrogen) atoms.